The lowest BCUT2D eigenvalue weighted by Gasteiger charge is -2.34. The lowest BCUT2D eigenvalue weighted by molar-refractivity contribution is 0.290. The molecule has 0 N–H and O–H groups in total. The minimum atomic E-state index is -1.42. The minimum absolute atomic E-state index is 0.295. The van der Waals surface area contributed by atoms with Crippen molar-refractivity contribution in [3.05, 3.63) is 48.2 Å². The van der Waals surface area contributed by atoms with Crippen LogP contribution in [0.4, 0.5) is 0 Å². The Balaban J connectivity index is 2.60. The smallest absolute Gasteiger partial charge is 0.0799 e. The van der Waals surface area contributed by atoms with Crippen LogP contribution in [-0.4, -0.2) is 13.1 Å². The zero-order chi connectivity index (χ0) is 17.3. The fraction of sp³-hybridized carbons (Fsp3) is 0.476. The maximum absolute atomic E-state index is 4.80. The number of pyridine rings is 1. The maximum Gasteiger partial charge on any atom is 0.0799 e. The van der Waals surface area contributed by atoms with Crippen LogP contribution in [0, 0.1) is 5.41 Å². The van der Waals surface area contributed by atoms with Crippen molar-refractivity contribution in [1.29, 1.82) is 0 Å². The van der Waals surface area contributed by atoms with Gasteiger partial charge in [-0.1, -0.05) is 84.1 Å². The molecule has 0 amide bonds. The van der Waals surface area contributed by atoms with E-state index in [-0.39, 0.29) is 0 Å². The van der Waals surface area contributed by atoms with Crippen LogP contribution < -0.4 is 5.19 Å². The lowest BCUT2D eigenvalue weighted by atomic mass is 9.74. The first-order valence-corrected chi connectivity index (χ1v) is 12.2. The Labute approximate surface area is 143 Å². The van der Waals surface area contributed by atoms with Gasteiger partial charge in [-0.25, -0.2) is 0 Å². The van der Waals surface area contributed by atoms with E-state index < -0.39 is 8.07 Å². The van der Waals surface area contributed by atoms with Gasteiger partial charge >= 0.3 is 0 Å². The SMILES string of the molecule is CCC(C)(C)C(C)c1cc(-c2ccccc2)ncc1[Si](C)(C)C. The molecule has 0 aliphatic heterocycles. The molecule has 0 aliphatic carbocycles. The molecule has 2 aromatic rings. The molecule has 0 fully saturated rings. The molecule has 1 aromatic carbocycles. The molecular weight excluding hydrogens is 294 g/mol. The largest absolute Gasteiger partial charge is 0.256 e. The van der Waals surface area contributed by atoms with Crippen molar-refractivity contribution in [2.24, 2.45) is 5.41 Å². The Morgan fingerprint density at radius 3 is 2.22 bits per heavy atom. The van der Waals surface area contributed by atoms with Gasteiger partial charge in [0.1, 0.15) is 0 Å². The van der Waals surface area contributed by atoms with Crippen molar-refractivity contribution < 1.29 is 0 Å². The molecule has 0 saturated heterocycles. The Kier molecular flexibility index (Phi) is 5.15. The average Bonchev–Trinajstić information content (AvgIpc) is 2.53. The summed E-state index contributed by atoms with van der Waals surface area (Å²) in [6.45, 7) is 16.7. The summed E-state index contributed by atoms with van der Waals surface area (Å²) in [6.07, 6.45) is 3.34. The zero-order valence-electron chi connectivity index (χ0n) is 15.8. The van der Waals surface area contributed by atoms with Crippen LogP contribution in [0.2, 0.25) is 19.6 Å². The van der Waals surface area contributed by atoms with Gasteiger partial charge in [-0.3, -0.25) is 4.98 Å². The van der Waals surface area contributed by atoms with Crippen molar-refractivity contribution in [1.82, 2.24) is 4.98 Å². The number of benzene rings is 1. The van der Waals surface area contributed by atoms with Crippen molar-refractivity contribution in [2.75, 3.05) is 0 Å². The van der Waals surface area contributed by atoms with Gasteiger partial charge in [0.15, 0.2) is 0 Å². The summed E-state index contributed by atoms with van der Waals surface area (Å²) in [5.74, 6) is 0.527. The molecule has 0 spiro atoms. The highest BCUT2D eigenvalue weighted by Gasteiger charge is 2.31. The van der Waals surface area contributed by atoms with Gasteiger partial charge in [0.25, 0.3) is 0 Å². The van der Waals surface area contributed by atoms with E-state index in [4.69, 9.17) is 4.98 Å². The molecule has 1 atom stereocenters. The summed E-state index contributed by atoms with van der Waals surface area (Å²) in [5, 5.41) is 1.51. The molecule has 0 radical (unpaired) electrons. The average molecular weight is 326 g/mol. The fourth-order valence-corrected chi connectivity index (χ4v) is 4.56. The Morgan fingerprint density at radius 2 is 1.70 bits per heavy atom. The fourth-order valence-electron chi connectivity index (χ4n) is 2.95. The van der Waals surface area contributed by atoms with Crippen LogP contribution in [0.25, 0.3) is 11.3 Å². The van der Waals surface area contributed by atoms with Crippen LogP contribution in [0.5, 0.6) is 0 Å². The molecule has 2 heteroatoms. The molecule has 124 valence electrons. The third-order valence-electron chi connectivity index (χ3n) is 5.36. The van der Waals surface area contributed by atoms with Gasteiger partial charge in [0.05, 0.1) is 13.8 Å². The first-order valence-electron chi connectivity index (χ1n) is 8.72. The second kappa shape index (κ2) is 6.60. The third-order valence-corrected chi connectivity index (χ3v) is 7.40. The number of nitrogens with zero attached hydrogens (tertiary/aromatic N) is 1. The minimum Gasteiger partial charge on any atom is -0.256 e. The first kappa shape index (κ1) is 17.9. The molecule has 1 aromatic heterocycles. The zero-order valence-corrected chi connectivity index (χ0v) is 16.8. The van der Waals surface area contributed by atoms with Crippen LogP contribution in [0.3, 0.4) is 0 Å². The molecule has 0 saturated carbocycles. The highest BCUT2D eigenvalue weighted by Crippen LogP contribution is 2.38. The van der Waals surface area contributed by atoms with Gasteiger partial charge in [-0.2, -0.15) is 0 Å². The standard InChI is InChI=1S/C21H31NSi/c1-8-21(3,4)16(2)18-14-19(17-12-10-9-11-13-17)22-15-20(18)23(5,6)7/h9-16H,8H2,1-7H3. The van der Waals surface area contributed by atoms with E-state index in [0.717, 1.165) is 5.69 Å². The van der Waals surface area contributed by atoms with Crippen molar-refractivity contribution in [2.45, 2.75) is 59.7 Å². The summed E-state index contributed by atoms with van der Waals surface area (Å²) in [5.41, 5.74) is 4.10. The van der Waals surface area contributed by atoms with Crippen LogP contribution >= 0.6 is 0 Å². The van der Waals surface area contributed by atoms with E-state index >= 15 is 0 Å². The quantitative estimate of drug-likeness (QED) is 0.630. The summed E-state index contributed by atoms with van der Waals surface area (Å²) in [4.78, 5) is 4.80. The summed E-state index contributed by atoms with van der Waals surface area (Å²) >= 11 is 0. The predicted octanol–water partition coefficient (Wildman–Crippen LogP) is 5.83. The van der Waals surface area contributed by atoms with E-state index in [1.165, 1.54) is 22.7 Å². The highest BCUT2D eigenvalue weighted by molar-refractivity contribution is 6.89. The summed E-state index contributed by atoms with van der Waals surface area (Å²) in [7, 11) is -1.42. The normalized spacial score (nSPS) is 13.9. The van der Waals surface area contributed by atoms with E-state index in [1.807, 2.05) is 0 Å². The van der Waals surface area contributed by atoms with E-state index in [9.17, 15) is 0 Å². The van der Waals surface area contributed by atoms with Crippen LogP contribution in [0.1, 0.15) is 45.6 Å². The lowest BCUT2D eigenvalue weighted by Crippen LogP contribution is -2.42. The monoisotopic (exact) mass is 325 g/mol. The number of rotatable bonds is 5. The number of aromatic nitrogens is 1. The highest BCUT2D eigenvalue weighted by atomic mass is 28.3. The topological polar surface area (TPSA) is 12.9 Å². The van der Waals surface area contributed by atoms with Gasteiger partial charge in [-0.15, -0.1) is 0 Å². The first-order chi connectivity index (χ1) is 10.7. The predicted molar refractivity (Wildman–Crippen MR) is 105 cm³/mol. The Hall–Kier alpha value is -1.41. The molecular formula is C21H31NSi. The Morgan fingerprint density at radius 1 is 1.09 bits per heavy atom. The van der Waals surface area contributed by atoms with Crippen LogP contribution in [0.15, 0.2) is 42.6 Å². The molecule has 1 unspecified atom stereocenters. The summed E-state index contributed by atoms with van der Waals surface area (Å²) in [6, 6.07) is 12.9. The number of hydrogen-bond donors (Lipinski definition) is 0. The molecule has 1 heterocycles. The second-order valence-electron chi connectivity index (χ2n) is 8.34. The summed E-state index contributed by atoms with van der Waals surface area (Å²) < 4.78 is 0. The Bertz CT molecular complexity index is 653. The van der Waals surface area contributed by atoms with Gasteiger partial charge in [0, 0.05) is 11.8 Å². The van der Waals surface area contributed by atoms with Gasteiger partial charge < -0.3 is 0 Å². The third kappa shape index (κ3) is 3.92. The molecule has 2 rings (SSSR count). The van der Waals surface area contributed by atoms with E-state index in [2.05, 4.69) is 89.9 Å². The molecule has 23 heavy (non-hydrogen) atoms. The number of hydrogen-bond acceptors (Lipinski definition) is 1. The van der Waals surface area contributed by atoms with Crippen molar-refractivity contribution in [3.63, 3.8) is 0 Å². The van der Waals surface area contributed by atoms with E-state index in [0.29, 0.717) is 11.3 Å². The van der Waals surface area contributed by atoms with Gasteiger partial charge in [0.2, 0.25) is 0 Å². The van der Waals surface area contributed by atoms with Gasteiger partial charge in [-0.05, 0) is 28.1 Å². The maximum atomic E-state index is 4.80. The molecule has 0 aliphatic rings. The van der Waals surface area contributed by atoms with Crippen molar-refractivity contribution >= 4 is 13.3 Å². The van der Waals surface area contributed by atoms with E-state index in [1.54, 1.807) is 0 Å². The van der Waals surface area contributed by atoms with Crippen LogP contribution in [-0.2, 0) is 0 Å². The second-order valence-corrected chi connectivity index (χ2v) is 13.4. The molecule has 0 bridgehead atoms. The molecule has 1 nitrogen and oxygen atoms in total. The van der Waals surface area contributed by atoms with Crippen molar-refractivity contribution in [3.8, 4) is 11.3 Å².